The molecule has 0 aliphatic heterocycles. The van der Waals surface area contributed by atoms with Gasteiger partial charge in [-0.15, -0.1) is 0 Å². The molecule has 16 heavy (non-hydrogen) atoms. The zero-order chi connectivity index (χ0) is 12.3. The van der Waals surface area contributed by atoms with E-state index in [4.69, 9.17) is 5.11 Å². The first-order chi connectivity index (χ1) is 7.43. The minimum absolute atomic E-state index is 0.192. The second kappa shape index (κ2) is 4.61. The number of hydrogen-bond donors (Lipinski definition) is 1. The number of carbonyl (C=O) groups excluding carboxylic acids is 1. The topological polar surface area (TPSA) is 79.6 Å². The second-order valence-corrected chi connectivity index (χ2v) is 3.43. The van der Waals surface area contributed by atoms with Crippen LogP contribution in [0.5, 0.6) is 0 Å². The SMILES string of the molecule is CN(C)C(=O)Cn1c(C(=O)O)cccc1=O. The number of hydrogen-bond acceptors (Lipinski definition) is 3. The Hall–Kier alpha value is -2.11. The minimum atomic E-state index is -1.23. The number of carboxylic acids is 1. The van der Waals surface area contributed by atoms with Gasteiger partial charge in [-0.05, 0) is 6.07 Å². The van der Waals surface area contributed by atoms with Crippen LogP contribution in [0.4, 0.5) is 0 Å². The van der Waals surface area contributed by atoms with Crippen LogP contribution < -0.4 is 5.56 Å². The molecular formula is C10H12N2O4. The van der Waals surface area contributed by atoms with Crippen LogP contribution in [0.2, 0.25) is 0 Å². The van der Waals surface area contributed by atoms with Crippen molar-refractivity contribution in [2.45, 2.75) is 6.54 Å². The zero-order valence-electron chi connectivity index (χ0n) is 9.01. The Morgan fingerprint density at radius 1 is 1.38 bits per heavy atom. The molecule has 0 bridgehead atoms. The third-order valence-electron chi connectivity index (χ3n) is 2.06. The van der Waals surface area contributed by atoms with Crippen molar-refractivity contribution < 1.29 is 14.7 Å². The van der Waals surface area contributed by atoms with E-state index in [1.807, 2.05) is 0 Å². The minimum Gasteiger partial charge on any atom is -0.477 e. The van der Waals surface area contributed by atoms with Gasteiger partial charge in [-0.3, -0.25) is 14.2 Å². The van der Waals surface area contributed by atoms with Crippen molar-refractivity contribution in [3.63, 3.8) is 0 Å². The number of aromatic carboxylic acids is 1. The first-order valence-electron chi connectivity index (χ1n) is 4.57. The number of nitrogens with zero attached hydrogens (tertiary/aromatic N) is 2. The summed E-state index contributed by atoms with van der Waals surface area (Å²) in [6, 6.07) is 3.85. The van der Waals surface area contributed by atoms with E-state index >= 15 is 0 Å². The molecule has 1 aromatic heterocycles. The first kappa shape index (κ1) is 12.0. The van der Waals surface area contributed by atoms with Crippen LogP contribution in [0, 0.1) is 0 Å². The Labute approximate surface area is 91.7 Å². The monoisotopic (exact) mass is 224 g/mol. The summed E-state index contributed by atoms with van der Waals surface area (Å²) in [4.78, 5) is 35.0. The maximum Gasteiger partial charge on any atom is 0.352 e. The quantitative estimate of drug-likeness (QED) is 0.760. The van der Waals surface area contributed by atoms with Crippen LogP contribution in [0.25, 0.3) is 0 Å². The van der Waals surface area contributed by atoms with Crippen LogP contribution in [0.3, 0.4) is 0 Å². The van der Waals surface area contributed by atoms with E-state index in [1.165, 1.54) is 37.2 Å². The van der Waals surface area contributed by atoms with Gasteiger partial charge in [0.1, 0.15) is 12.2 Å². The third kappa shape index (κ3) is 2.47. The summed E-state index contributed by atoms with van der Waals surface area (Å²) in [6.45, 7) is -0.270. The highest BCUT2D eigenvalue weighted by atomic mass is 16.4. The van der Waals surface area contributed by atoms with Crippen molar-refractivity contribution in [3.8, 4) is 0 Å². The molecule has 6 heteroatoms. The molecule has 0 fully saturated rings. The van der Waals surface area contributed by atoms with Crippen molar-refractivity contribution in [2.24, 2.45) is 0 Å². The number of pyridine rings is 1. The molecule has 0 aliphatic rings. The van der Waals surface area contributed by atoms with Crippen molar-refractivity contribution in [1.29, 1.82) is 0 Å². The molecular weight excluding hydrogens is 212 g/mol. The second-order valence-electron chi connectivity index (χ2n) is 3.43. The van der Waals surface area contributed by atoms with Gasteiger partial charge in [-0.25, -0.2) is 4.79 Å². The Morgan fingerprint density at radius 3 is 2.50 bits per heavy atom. The fraction of sp³-hybridized carbons (Fsp3) is 0.300. The fourth-order valence-electron chi connectivity index (χ4n) is 1.15. The summed E-state index contributed by atoms with van der Waals surface area (Å²) >= 11 is 0. The zero-order valence-corrected chi connectivity index (χ0v) is 9.01. The average Bonchev–Trinajstić information content (AvgIpc) is 2.20. The van der Waals surface area contributed by atoms with E-state index in [0.717, 1.165) is 4.57 Å². The fourth-order valence-corrected chi connectivity index (χ4v) is 1.15. The highest BCUT2D eigenvalue weighted by Gasteiger charge is 2.14. The molecule has 0 spiro atoms. The molecule has 6 nitrogen and oxygen atoms in total. The lowest BCUT2D eigenvalue weighted by Gasteiger charge is -2.13. The molecule has 0 atom stereocenters. The predicted octanol–water partition coefficient (Wildman–Crippen LogP) is -0.365. The third-order valence-corrected chi connectivity index (χ3v) is 2.06. The van der Waals surface area contributed by atoms with Gasteiger partial charge in [0.15, 0.2) is 0 Å². The summed E-state index contributed by atoms with van der Waals surface area (Å²) in [6.07, 6.45) is 0. The average molecular weight is 224 g/mol. The molecule has 86 valence electrons. The van der Waals surface area contributed by atoms with Gasteiger partial charge in [0.2, 0.25) is 5.91 Å². The molecule has 0 radical (unpaired) electrons. The van der Waals surface area contributed by atoms with Crippen LogP contribution in [0.15, 0.2) is 23.0 Å². The van der Waals surface area contributed by atoms with Gasteiger partial charge in [0.05, 0.1) is 0 Å². The van der Waals surface area contributed by atoms with E-state index in [9.17, 15) is 14.4 Å². The Balaban J connectivity index is 3.17. The van der Waals surface area contributed by atoms with E-state index in [-0.39, 0.29) is 18.1 Å². The summed E-state index contributed by atoms with van der Waals surface area (Å²) < 4.78 is 0.935. The first-order valence-corrected chi connectivity index (χ1v) is 4.57. The smallest absolute Gasteiger partial charge is 0.352 e. The number of likely N-dealkylation sites (N-methyl/N-ethyl adjacent to an activating group) is 1. The van der Waals surface area contributed by atoms with Crippen molar-refractivity contribution in [2.75, 3.05) is 14.1 Å². The highest BCUT2D eigenvalue weighted by molar-refractivity contribution is 5.86. The van der Waals surface area contributed by atoms with Crippen molar-refractivity contribution >= 4 is 11.9 Å². The molecule has 1 aromatic rings. The van der Waals surface area contributed by atoms with Gasteiger partial charge in [0, 0.05) is 20.2 Å². The molecule has 1 heterocycles. The molecule has 0 saturated carbocycles. The van der Waals surface area contributed by atoms with Crippen LogP contribution in [-0.4, -0.2) is 40.5 Å². The van der Waals surface area contributed by atoms with Crippen molar-refractivity contribution in [1.82, 2.24) is 9.47 Å². The Bertz CT molecular complexity index is 476. The van der Waals surface area contributed by atoms with Gasteiger partial charge >= 0.3 is 5.97 Å². The highest BCUT2D eigenvalue weighted by Crippen LogP contribution is 1.97. The van der Waals surface area contributed by atoms with Gasteiger partial charge in [-0.2, -0.15) is 0 Å². The largest absolute Gasteiger partial charge is 0.477 e. The Kier molecular flexibility index (Phi) is 3.44. The molecule has 1 rings (SSSR count). The Morgan fingerprint density at radius 2 is 2.00 bits per heavy atom. The van der Waals surface area contributed by atoms with Crippen LogP contribution in [0.1, 0.15) is 10.5 Å². The van der Waals surface area contributed by atoms with Gasteiger partial charge in [0.25, 0.3) is 5.56 Å². The maximum absolute atomic E-state index is 11.4. The van der Waals surface area contributed by atoms with Gasteiger partial charge in [-0.1, -0.05) is 6.07 Å². The molecule has 0 unspecified atom stereocenters. The van der Waals surface area contributed by atoms with E-state index in [2.05, 4.69) is 0 Å². The van der Waals surface area contributed by atoms with Crippen molar-refractivity contribution in [3.05, 3.63) is 34.2 Å². The number of amides is 1. The van der Waals surface area contributed by atoms with E-state index in [1.54, 1.807) is 0 Å². The standard InChI is InChI=1S/C10H12N2O4/c1-11(2)9(14)6-12-7(10(15)16)4-3-5-8(12)13/h3-5H,6H2,1-2H3,(H,15,16). The lowest BCUT2D eigenvalue weighted by Crippen LogP contribution is -2.33. The van der Waals surface area contributed by atoms with Crippen LogP contribution in [-0.2, 0) is 11.3 Å². The number of carboxylic acid groups (broad SMARTS) is 1. The molecule has 0 aromatic carbocycles. The number of rotatable bonds is 3. The molecule has 0 saturated heterocycles. The molecule has 0 aliphatic carbocycles. The summed E-state index contributed by atoms with van der Waals surface area (Å²) in [5.41, 5.74) is -0.696. The number of aromatic nitrogens is 1. The maximum atomic E-state index is 11.4. The lowest BCUT2D eigenvalue weighted by atomic mass is 10.3. The summed E-state index contributed by atoms with van der Waals surface area (Å²) in [5.74, 6) is -1.57. The van der Waals surface area contributed by atoms with Crippen LogP contribution >= 0.6 is 0 Å². The van der Waals surface area contributed by atoms with Gasteiger partial charge < -0.3 is 10.0 Å². The normalized spacial score (nSPS) is 9.88. The predicted molar refractivity (Wildman–Crippen MR) is 56.4 cm³/mol. The summed E-state index contributed by atoms with van der Waals surface area (Å²) in [5, 5.41) is 8.86. The number of carbonyl (C=O) groups is 2. The lowest BCUT2D eigenvalue weighted by molar-refractivity contribution is -0.129. The van der Waals surface area contributed by atoms with E-state index < -0.39 is 11.5 Å². The molecule has 1 N–H and O–H groups in total. The molecule has 1 amide bonds. The van der Waals surface area contributed by atoms with E-state index in [0.29, 0.717) is 0 Å². The summed E-state index contributed by atoms with van der Waals surface area (Å²) in [7, 11) is 3.08.